The Morgan fingerprint density at radius 1 is 1.30 bits per heavy atom. The molecule has 2 atom stereocenters. The fourth-order valence-electron chi connectivity index (χ4n) is 2.58. The summed E-state index contributed by atoms with van der Waals surface area (Å²) in [5, 5.41) is 8.66. The molecule has 27 heavy (non-hydrogen) atoms. The van der Waals surface area contributed by atoms with Crippen LogP contribution in [-0.4, -0.2) is 51.8 Å². The van der Waals surface area contributed by atoms with E-state index in [0.717, 1.165) is 5.01 Å². The number of aliphatic imine (C=N–C) groups is 1. The summed E-state index contributed by atoms with van der Waals surface area (Å²) in [5.41, 5.74) is -0.262. The van der Waals surface area contributed by atoms with Crippen molar-refractivity contribution in [2.75, 3.05) is 12.3 Å². The molecule has 2 amide bonds. The second-order valence-electron chi connectivity index (χ2n) is 6.32. The molecule has 0 aliphatic carbocycles. The number of fused-ring (bicyclic) bond motifs is 4. The zero-order valence-electron chi connectivity index (χ0n) is 15.0. The first-order valence-electron chi connectivity index (χ1n) is 8.44. The van der Waals surface area contributed by atoms with E-state index in [1.807, 2.05) is 5.38 Å². The van der Waals surface area contributed by atoms with Crippen molar-refractivity contribution in [2.45, 2.75) is 38.5 Å². The molecule has 2 unspecified atom stereocenters. The van der Waals surface area contributed by atoms with Crippen LogP contribution in [0.15, 0.2) is 22.5 Å². The monoisotopic (exact) mass is 408 g/mol. The molecule has 2 aliphatic heterocycles. The minimum atomic E-state index is -0.960. The predicted molar refractivity (Wildman–Crippen MR) is 104 cm³/mol. The minimum Gasteiger partial charge on any atom is -0.456 e. The Morgan fingerprint density at radius 2 is 2.11 bits per heavy atom. The summed E-state index contributed by atoms with van der Waals surface area (Å²) in [5.74, 6) is -0.732. The van der Waals surface area contributed by atoms with Crippen LogP contribution in [0.25, 0.3) is 0 Å². The van der Waals surface area contributed by atoms with Gasteiger partial charge in [-0.25, -0.2) is 4.98 Å². The quantitative estimate of drug-likeness (QED) is 0.530. The molecule has 0 radical (unpaired) electrons. The fourth-order valence-corrected chi connectivity index (χ4v) is 4.51. The van der Waals surface area contributed by atoms with Gasteiger partial charge < -0.3 is 15.4 Å². The van der Waals surface area contributed by atoms with Gasteiger partial charge in [-0.1, -0.05) is 6.08 Å². The van der Waals surface area contributed by atoms with E-state index in [0.29, 0.717) is 16.5 Å². The largest absolute Gasteiger partial charge is 0.456 e. The summed E-state index contributed by atoms with van der Waals surface area (Å²) in [4.78, 5) is 45.7. The second kappa shape index (κ2) is 8.22. The molecule has 144 valence electrons. The van der Waals surface area contributed by atoms with Crippen LogP contribution in [0.2, 0.25) is 0 Å². The number of allylic oxidation sites excluding steroid dienone is 1. The molecular formula is C17H20N4O4S2. The summed E-state index contributed by atoms with van der Waals surface area (Å²) in [7, 11) is 0. The number of thioether (sulfide) groups is 1. The summed E-state index contributed by atoms with van der Waals surface area (Å²) in [6.07, 6.45) is 2.65. The SMILES string of the molecule is C/C=C/C1CC(=O)NCc2nc(cs2)C2=NC(C)(CS2)C(=O)NCC(=O)O1. The van der Waals surface area contributed by atoms with Crippen LogP contribution >= 0.6 is 23.1 Å². The summed E-state index contributed by atoms with van der Waals surface area (Å²) >= 11 is 2.87. The lowest BCUT2D eigenvalue weighted by molar-refractivity contribution is -0.148. The number of hydrogen-bond acceptors (Lipinski definition) is 8. The first-order chi connectivity index (χ1) is 12.9. The van der Waals surface area contributed by atoms with E-state index in [1.54, 1.807) is 26.0 Å². The first kappa shape index (κ1) is 19.6. The molecule has 0 spiro atoms. The number of rotatable bonds is 1. The van der Waals surface area contributed by atoms with Crippen LogP contribution in [-0.2, 0) is 25.7 Å². The van der Waals surface area contributed by atoms with Crippen molar-refractivity contribution < 1.29 is 19.1 Å². The number of carbonyl (C=O) groups is 3. The Bertz CT molecular complexity index is 820. The van der Waals surface area contributed by atoms with Gasteiger partial charge in [0.25, 0.3) is 0 Å². The molecular weight excluding hydrogens is 388 g/mol. The number of nitrogens with one attached hydrogen (secondary N) is 2. The van der Waals surface area contributed by atoms with E-state index < -0.39 is 17.6 Å². The highest BCUT2D eigenvalue weighted by Crippen LogP contribution is 2.31. The number of amides is 2. The lowest BCUT2D eigenvalue weighted by Gasteiger charge is -2.19. The van der Waals surface area contributed by atoms with Crippen molar-refractivity contribution in [1.29, 1.82) is 0 Å². The third-order valence-corrected chi connectivity index (χ3v) is 6.13. The average molecular weight is 409 g/mol. The van der Waals surface area contributed by atoms with Crippen LogP contribution in [0.4, 0.5) is 0 Å². The molecule has 3 heterocycles. The normalized spacial score (nSPS) is 27.1. The topological polar surface area (TPSA) is 110 Å². The highest BCUT2D eigenvalue weighted by atomic mass is 32.2. The first-order valence-corrected chi connectivity index (χ1v) is 10.3. The van der Waals surface area contributed by atoms with Gasteiger partial charge in [0.05, 0.1) is 13.0 Å². The molecule has 0 saturated heterocycles. The van der Waals surface area contributed by atoms with Crippen molar-refractivity contribution in [1.82, 2.24) is 15.6 Å². The van der Waals surface area contributed by atoms with Gasteiger partial charge in [0.1, 0.15) is 33.9 Å². The van der Waals surface area contributed by atoms with E-state index >= 15 is 0 Å². The van der Waals surface area contributed by atoms with Crippen molar-refractivity contribution in [3.05, 3.63) is 28.2 Å². The van der Waals surface area contributed by atoms with Crippen molar-refractivity contribution in [2.24, 2.45) is 4.99 Å². The fraction of sp³-hybridized carbons (Fsp3) is 0.471. The number of nitrogens with zero attached hydrogens (tertiary/aromatic N) is 2. The van der Waals surface area contributed by atoms with Crippen molar-refractivity contribution >= 4 is 45.9 Å². The van der Waals surface area contributed by atoms with Gasteiger partial charge in [0.15, 0.2) is 0 Å². The van der Waals surface area contributed by atoms with E-state index in [1.165, 1.54) is 23.1 Å². The van der Waals surface area contributed by atoms with Crippen LogP contribution in [0, 0.1) is 0 Å². The number of thiazole rings is 1. The van der Waals surface area contributed by atoms with Crippen molar-refractivity contribution in [3.8, 4) is 0 Å². The minimum absolute atomic E-state index is 0.00251. The maximum absolute atomic E-state index is 12.5. The molecule has 8 nitrogen and oxygen atoms in total. The summed E-state index contributed by atoms with van der Waals surface area (Å²) < 4.78 is 5.30. The Morgan fingerprint density at radius 3 is 2.89 bits per heavy atom. The van der Waals surface area contributed by atoms with E-state index in [2.05, 4.69) is 20.6 Å². The maximum Gasteiger partial charge on any atom is 0.326 e. The van der Waals surface area contributed by atoms with Gasteiger partial charge in [0, 0.05) is 11.1 Å². The van der Waals surface area contributed by atoms with Crippen LogP contribution in [0.5, 0.6) is 0 Å². The van der Waals surface area contributed by atoms with Gasteiger partial charge in [-0.15, -0.1) is 23.1 Å². The Labute approximate surface area is 164 Å². The molecule has 1 aromatic heterocycles. The molecule has 0 aromatic carbocycles. The van der Waals surface area contributed by atoms with Gasteiger partial charge in [0.2, 0.25) is 11.8 Å². The third kappa shape index (κ3) is 4.75. The lowest BCUT2D eigenvalue weighted by atomic mass is 10.1. The Hall–Kier alpha value is -2.20. The highest BCUT2D eigenvalue weighted by Gasteiger charge is 2.39. The van der Waals surface area contributed by atoms with Crippen molar-refractivity contribution in [3.63, 3.8) is 0 Å². The highest BCUT2D eigenvalue weighted by molar-refractivity contribution is 8.14. The number of hydrogen-bond donors (Lipinski definition) is 2. The van der Waals surface area contributed by atoms with Gasteiger partial charge >= 0.3 is 5.97 Å². The molecule has 0 saturated carbocycles. The smallest absolute Gasteiger partial charge is 0.326 e. The van der Waals surface area contributed by atoms with Gasteiger partial charge in [-0.2, -0.15) is 0 Å². The van der Waals surface area contributed by atoms with Crippen LogP contribution < -0.4 is 10.6 Å². The van der Waals surface area contributed by atoms with Crippen LogP contribution in [0.1, 0.15) is 31.0 Å². The summed E-state index contributed by atoms with van der Waals surface area (Å²) in [6.45, 7) is 3.51. The molecule has 1 aromatic rings. The molecule has 10 heteroatoms. The molecule has 2 aliphatic rings. The second-order valence-corrected chi connectivity index (χ2v) is 8.23. The molecule has 3 rings (SSSR count). The van der Waals surface area contributed by atoms with Gasteiger partial charge in [-0.05, 0) is 19.9 Å². The van der Waals surface area contributed by atoms with E-state index in [9.17, 15) is 14.4 Å². The summed E-state index contributed by atoms with van der Waals surface area (Å²) in [6, 6.07) is 0. The Kier molecular flexibility index (Phi) is 5.95. The maximum atomic E-state index is 12.5. The number of aromatic nitrogens is 1. The number of ether oxygens (including phenoxy) is 1. The predicted octanol–water partition coefficient (Wildman–Crippen LogP) is 1.02. The van der Waals surface area contributed by atoms with Gasteiger partial charge in [-0.3, -0.25) is 19.4 Å². The standard InChI is InChI=1S/C17H20N4O4S2/c1-3-4-10-5-12(22)18-6-13-20-11(8-26-13)15-21-17(2,9-27-15)16(24)19-7-14(23)25-10/h3-4,8,10H,5-7,9H2,1-2H3,(H,18,22)(H,19,24)/b4-3+. The lowest BCUT2D eigenvalue weighted by Crippen LogP contribution is -2.46. The number of cyclic esters (lactones) is 1. The zero-order chi connectivity index (χ0) is 19.4. The molecule has 0 fully saturated rings. The number of carbonyl (C=O) groups excluding carboxylic acids is 3. The number of esters is 1. The third-order valence-electron chi connectivity index (χ3n) is 4.00. The zero-order valence-corrected chi connectivity index (χ0v) is 16.6. The average Bonchev–Trinajstić information content (AvgIpc) is 3.25. The van der Waals surface area contributed by atoms with E-state index in [4.69, 9.17) is 4.74 Å². The van der Waals surface area contributed by atoms with E-state index in [-0.39, 0.29) is 31.3 Å². The molecule has 4 bridgehead atoms. The van der Waals surface area contributed by atoms with Crippen LogP contribution in [0.3, 0.4) is 0 Å². The Balaban J connectivity index is 1.85. The molecule has 2 N–H and O–H groups in total.